The molecule has 0 saturated heterocycles. The quantitative estimate of drug-likeness (QED) is 0.282. The number of hydrogen-bond acceptors (Lipinski definition) is 5. The first-order valence-corrected chi connectivity index (χ1v) is 10.5. The first kappa shape index (κ1) is 21.4. The van der Waals surface area contributed by atoms with Gasteiger partial charge in [0.25, 0.3) is 0 Å². The Labute approximate surface area is 186 Å². The van der Waals surface area contributed by atoms with Crippen molar-refractivity contribution in [2.75, 3.05) is 13.2 Å². The van der Waals surface area contributed by atoms with Gasteiger partial charge in [-0.1, -0.05) is 18.2 Å². The Morgan fingerprint density at radius 1 is 1.00 bits per heavy atom. The highest BCUT2D eigenvalue weighted by molar-refractivity contribution is 6.01. The second kappa shape index (κ2) is 8.75. The van der Waals surface area contributed by atoms with Crippen molar-refractivity contribution in [3.05, 3.63) is 82.9 Å². The van der Waals surface area contributed by atoms with Crippen LogP contribution in [0.5, 0.6) is 5.75 Å². The summed E-state index contributed by atoms with van der Waals surface area (Å²) in [5.74, 6) is -0.133. The number of fused-ring (bicyclic) bond motifs is 1. The standard InChI is InChI=1S/C26H25NO5/c1-5-30-20-11-12-24-21(14-20)17(3)25(32-24)26(29)31-15-23(28)22-13-16(2)27(18(22)4)19-9-7-6-8-10-19/h6-14H,5,15H2,1-4H3. The van der Waals surface area contributed by atoms with E-state index in [-0.39, 0.29) is 18.2 Å². The molecule has 0 fully saturated rings. The molecule has 4 rings (SSSR count). The maximum atomic E-state index is 12.8. The Morgan fingerprint density at radius 2 is 1.75 bits per heavy atom. The van der Waals surface area contributed by atoms with E-state index in [1.54, 1.807) is 19.1 Å². The average Bonchev–Trinajstić information content (AvgIpc) is 3.28. The topological polar surface area (TPSA) is 70.7 Å². The maximum absolute atomic E-state index is 12.8. The lowest BCUT2D eigenvalue weighted by Gasteiger charge is -2.09. The first-order valence-electron chi connectivity index (χ1n) is 10.5. The number of hydrogen-bond donors (Lipinski definition) is 0. The van der Waals surface area contributed by atoms with E-state index in [1.165, 1.54) is 0 Å². The summed E-state index contributed by atoms with van der Waals surface area (Å²) < 4.78 is 18.5. The van der Waals surface area contributed by atoms with Crippen LogP contribution in [0.2, 0.25) is 0 Å². The van der Waals surface area contributed by atoms with Crippen LogP contribution >= 0.6 is 0 Å². The van der Waals surface area contributed by atoms with Crippen LogP contribution in [-0.2, 0) is 4.74 Å². The first-order chi connectivity index (χ1) is 15.4. The van der Waals surface area contributed by atoms with Crippen molar-refractivity contribution in [2.45, 2.75) is 27.7 Å². The highest BCUT2D eigenvalue weighted by Gasteiger charge is 2.22. The number of nitrogens with zero attached hydrogens (tertiary/aromatic N) is 1. The van der Waals surface area contributed by atoms with Gasteiger partial charge in [-0.15, -0.1) is 0 Å². The van der Waals surface area contributed by atoms with Gasteiger partial charge in [-0.25, -0.2) is 4.79 Å². The number of carbonyl (C=O) groups is 2. The third-order valence-corrected chi connectivity index (χ3v) is 5.48. The van der Waals surface area contributed by atoms with Crippen LogP contribution in [0, 0.1) is 20.8 Å². The van der Waals surface area contributed by atoms with Crippen molar-refractivity contribution in [3.63, 3.8) is 0 Å². The lowest BCUT2D eigenvalue weighted by Crippen LogP contribution is -2.15. The minimum atomic E-state index is -0.665. The fourth-order valence-corrected chi connectivity index (χ4v) is 3.95. The van der Waals surface area contributed by atoms with Crippen molar-refractivity contribution >= 4 is 22.7 Å². The zero-order chi connectivity index (χ0) is 22.8. The van der Waals surface area contributed by atoms with Crippen molar-refractivity contribution in [1.29, 1.82) is 0 Å². The van der Waals surface area contributed by atoms with Gasteiger partial charge < -0.3 is 18.5 Å². The molecular formula is C26H25NO5. The molecule has 0 unspecified atom stereocenters. The number of ether oxygens (including phenoxy) is 2. The van der Waals surface area contributed by atoms with Crippen LogP contribution < -0.4 is 4.74 Å². The molecule has 0 atom stereocenters. The van der Waals surface area contributed by atoms with Gasteiger partial charge in [-0.3, -0.25) is 4.79 Å². The fourth-order valence-electron chi connectivity index (χ4n) is 3.95. The zero-order valence-electron chi connectivity index (χ0n) is 18.6. The van der Waals surface area contributed by atoms with Gasteiger partial charge in [0, 0.05) is 33.6 Å². The fraction of sp³-hybridized carbons (Fsp3) is 0.231. The second-order valence-electron chi connectivity index (χ2n) is 7.60. The normalized spacial score (nSPS) is 11.0. The molecule has 6 nitrogen and oxygen atoms in total. The van der Waals surface area contributed by atoms with E-state index < -0.39 is 5.97 Å². The Bertz CT molecular complexity index is 1300. The molecule has 0 aliphatic rings. The van der Waals surface area contributed by atoms with Gasteiger partial charge in [0.2, 0.25) is 11.5 Å². The highest BCUT2D eigenvalue weighted by atomic mass is 16.5. The minimum Gasteiger partial charge on any atom is -0.494 e. The number of ketones is 1. The number of benzene rings is 2. The third kappa shape index (κ3) is 3.91. The van der Waals surface area contributed by atoms with E-state index in [4.69, 9.17) is 13.9 Å². The average molecular weight is 431 g/mol. The summed E-state index contributed by atoms with van der Waals surface area (Å²) in [7, 11) is 0. The predicted molar refractivity (Wildman–Crippen MR) is 122 cm³/mol. The van der Waals surface area contributed by atoms with Crippen molar-refractivity contribution in [3.8, 4) is 11.4 Å². The zero-order valence-corrected chi connectivity index (χ0v) is 18.6. The molecule has 6 heteroatoms. The summed E-state index contributed by atoms with van der Waals surface area (Å²) in [6, 6.07) is 17.0. The maximum Gasteiger partial charge on any atom is 0.375 e. The number of para-hydroxylation sites is 1. The van der Waals surface area contributed by atoms with Crippen LogP contribution in [0.3, 0.4) is 0 Å². The number of furan rings is 1. The largest absolute Gasteiger partial charge is 0.494 e. The van der Waals surface area contributed by atoms with Crippen molar-refractivity contribution in [1.82, 2.24) is 4.57 Å². The van der Waals surface area contributed by atoms with Crippen molar-refractivity contribution < 1.29 is 23.5 Å². The van der Waals surface area contributed by atoms with Crippen molar-refractivity contribution in [2.24, 2.45) is 0 Å². The lowest BCUT2D eigenvalue weighted by molar-refractivity contribution is 0.0445. The molecule has 0 aliphatic heterocycles. The van der Waals surface area contributed by atoms with Gasteiger partial charge in [-0.2, -0.15) is 0 Å². The van der Waals surface area contributed by atoms with Gasteiger partial charge >= 0.3 is 5.97 Å². The third-order valence-electron chi connectivity index (χ3n) is 5.48. The van der Waals surface area contributed by atoms with E-state index in [1.807, 2.05) is 67.8 Å². The Kier molecular flexibility index (Phi) is 5.86. The summed E-state index contributed by atoms with van der Waals surface area (Å²) in [5.41, 5.74) is 4.46. The van der Waals surface area contributed by atoms with Crippen LogP contribution in [0.1, 0.15) is 44.8 Å². The Balaban J connectivity index is 1.51. The molecule has 2 aromatic carbocycles. The molecule has 0 radical (unpaired) electrons. The number of aryl methyl sites for hydroxylation is 2. The molecular weight excluding hydrogens is 406 g/mol. The van der Waals surface area contributed by atoms with E-state index >= 15 is 0 Å². The monoisotopic (exact) mass is 431 g/mol. The van der Waals surface area contributed by atoms with Gasteiger partial charge in [0.15, 0.2) is 6.61 Å². The van der Waals surface area contributed by atoms with Crippen LogP contribution in [0.25, 0.3) is 16.7 Å². The smallest absolute Gasteiger partial charge is 0.375 e. The van der Waals surface area contributed by atoms with E-state index in [0.717, 1.165) is 22.5 Å². The minimum absolute atomic E-state index is 0.0937. The summed E-state index contributed by atoms with van der Waals surface area (Å²) in [4.78, 5) is 25.5. The molecule has 2 heterocycles. The number of carbonyl (C=O) groups excluding carboxylic acids is 2. The molecule has 0 amide bonds. The van der Waals surface area contributed by atoms with Gasteiger partial charge in [0.1, 0.15) is 11.3 Å². The molecule has 0 N–H and O–H groups in total. The lowest BCUT2D eigenvalue weighted by atomic mass is 10.1. The highest BCUT2D eigenvalue weighted by Crippen LogP contribution is 2.29. The van der Waals surface area contributed by atoms with E-state index in [2.05, 4.69) is 0 Å². The second-order valence-corrected chi connectivity index (χ2v) is 7.60. The molecule has 32 heavy (non-hydrogen) atoms. The molecule has 0 bridgehead atoms. The SMILES string of the molecule is CCOc1ccc2oc(C(=O)OCC(=O)c3cc(C)n(-c4ccccc4)c3C)c(C)c2c1. The van der Waals surface area contributed by atoms with E-state index in [9.17, 15) is 9.59 Å². The molecule has 0 saturated carbocycles. The van der Waals surface area contributed by atoms with Crippen LogP contribution in [0.4, 0.5) is 0 Å². The summed E-state index contributed by atoms with van der Waals surface area (Å²) in [6.07, 6.45) is 0. The molecule has 4 aromatic rings. The number of aromatic nitrogens is 1. The van der Waals surface area contributed by atoms with E-state index in [0.29, 0.717) is 29.1 Å². The molecule has 0 spiro atoms. The predicted octanol–water partition coefficient (Wildman–Crippen LogP) is 5.59. The molecule has 2 aromatic heterocycles. The number of rotatable bonds is 7. The summed E-state index contributed by atoms with van der Waals surface area (Å²) in [5, 5.41) is 0.778. The number of esters is 1. The molecule has 0 aliphatic carbocycles. The molecule has 164 valence electrons. The van der Waals surface area contributed by atoms with Crippen LogP contribution in [-0.4, -0.2) is 29.5 Å². The van der Waals surface area contributed by atoms with Gasteiger partial charge in [0.05, 0.1) is 6.61 Å². The Hall–Kier alpha value is -3.80. The van der Waals surface area contributed by atoms with Gasteiger partial charge in [-0.05, 0) is 64.1 Å². The summed E-state index contributed by atoms with van der Waals surface area (Å²) in [6.45, 7) is 7.70. The number of Topliss-reactive ketones (excluding diaryl/α,β-unsaturated/α-hetero) is 1. The Morgan fingerprint density at radius 3 is 2.47 bits per heavy atom. The summed E-state index contributed by atoms with van der Waals surface area (Å²) >= 11 is 0. The van der Waals surface area contributed by atoms with Crippen LogP contribution in [0.15, 0.2) is 59.0 Å².